The Kier molecular flexibility index (Phi) is 4.63. The monoisotopic (exact) mass is 379 g/mol. The molecule has 2 atom stereocenters. The van der Waals surface area contributed by atoms with E-state index in [0.29, 0.717) is 24.8 Å². The summed E-state index contributed by atoms with van der Waals surface area (Å²) in [4.78, 5) is 22.2. The maximum absolute atomic E-state index is 13.5. The van der Waals surface area contributed by atoms with Crippen molar-refractivity contribution in [2.75, 3.05) is 26.2 Å². The lowest BCUT2D eigenvalue weighted by atomic mass is 9.77. The van der Waals surface area contributed by atoms with Gasteiger partial charge in [-0.2, -0.15) is 0 Å². The van der Waals surface area contributed by atoms with Gasteiger partial charge in [0.1, 0.15) is 5.82 Å². The van der Waals surface area contributed by atoms with E-state index in [0.717, 1.165) is 24.1 Å². The van der Waals surface area contributed by atoms with Gasteiger partial charge < -0.3 is 9.80 Å². The number of rotatable bonds is 3. The number of carbonyl (C=O) groups excluding carboxylic acids is 1. The predicted molar refractivity (Wildman–Crippen MR) is 105 cm³/mol. The van der Waals surface area contributed by atoms with E-state index in [1.165, 1.54) is 43.6 Å². The number of hydrogen-bond acceptors (Lipinski definition) is 3. The van der Waals surface area contributed by atoms with E-state index in [1.54, 1.807) is 6.20 Å². The number of carbonyl (C=O) groups is 1. The molecule has 4 nitrogen and oxygen atoms in total. The van der Waals surface area contributed by atoms with E-state index in [1.807, 2.05) is 29.3 Å². The normalized spacial score (nSPS) is 28.8. The standard InChI is InChI=1S/C23H26FN3O/c24-20-3-1-17(2-4-20)23-21-5-9-25-14-18(21)8-12-27(23)22(28)13-19-15-26-10-6-16(19)7-11-26/h1-5,9,14,16,19,23H,6-8,10-13,15H2/t19-,23+/m1/s1. The lowest BCUT2D eigenvalue weighted by Gasteiger charge is -2.46. The van der Waals surface area contributed by atoms with Crippen LogP contribution in [-0.4, -0.2) is 46.9 Å². The average molecular weight is 379 g/mol. The first kappa shape index (κ1) is 17.8. The molecule has 3 fully saturated rings. The highest BCUT2D eigenvalue weighted by Gasteiger charge is 2.38. The van der Waals surface area contributed by atoms with Crippen LogP contribution in [0.1, 0.15) is 42.0 Å². The van der Waals surface area contributed by atoms with Crippen molar-refractivity contribution in [3.8, 4) is 0 Å². The molecule has 4 aliphatic heterocycles. The SMILES string of the molecule is O=C(C[C@@H]1CN2CCC1CC2)N1CCc2cnccc2[C@@H]1c1ccc(F)cc1. The third-order valence-corrected chi connectivity index (χ3v) is 6.90. The molecular formula is C23H26FN3O. The van der Waals surface area contributed by atoms with Crippen molar-refractivity contribution >= 4 is 5.91 Å². The Hall–Kier alpha value is -2.27. The first-order valence-electron chi connectivity index (χ1n) is 10.4. The molecule has 1 amide bonds. The summed E-state index contributed by atoms with van der Waals surface area (Å²) in [6, 6.07) is 8.45. The summed E-state index contributed by atoms with van der Waals surface area (Å²) in [5.74, 6) is 1.15. The number of halogens is 1. The molecule has 0 radical (unpaired) electrons. The molecule has 5 heteroatoms. The van der Waals surface area contributed by atoms with Crippen molar-refractivity contribution < 1.29 is 9.18 Å². The molecule has 1 aromatic heterocycles. The van der Waals surface area contributed by atoms with Crippen LogP contribution >= 0.6 is 0 Å². The van der Waals surface area contributed by atoms with Crippen molar-refractivity contribution in [2.24, 2.45) is 11.8 Å². The quantitative estimate of drug-likeness (QED) is 0.820. The molecule has 4 aliphatic rings. The largest absolute Gasteiger partial charge is 0.331 e. The van der Waals surface area contributed by atoms with Crippen molar-refractivity contribution in [3.05, 3.63) is 65.2 Å². The van der Waals surface area contributed by atoms with E-state index >= 15 is 0 Å². The summed E-state index contributed by atoms with van der Waals surface area (Å²) in [6.45, 7) is 4.14. The number of amides is 1. The molecule has 146 valence electrons. The Morgan fingerprint density at radius 1 is 1.11 bits per heavy atom. The van der Waals surface area contributed by atoms with Crippen molar-refractivity contribution in [2.45, 2.75) is 31.7 Å². The molecule has 0 aliphatic carbocycles. The van der Waals surface area contributed by atoms with Gasteiger partial charge in [0.05, 0.1) is 6.04 Å². The maximum atomic E-state index is 13.5. The molecule has 2 bridgehead atoms. The lowest BCUT2D eigenvalue weighted by Crippen LogP contribution is -2.49. The minimum atomic E-state index is -0.250. The van der Waals surface area contributed by atoms with Gasteiger partial charge in [0, 0.05) is 31.9 Å². The number of nitrogens with zero attached hydrogens (tertiary/aromatic N) is 3. The van der Waals surface area contributed by atoms with Gasteiger partial charge >= 0.3 is 0 Å². The summed E-state index contributed by atoms with van der Waals surface area (Å²) < 4.78 is 13.5. The van der Waals surface area contributed by atoms with Crippen LogP contribution in [0.2, 0.25) is 0 Å². The summed E-state index contributed by atoms with van der Waals surface area (Å²) in [6.07, 6.45) is 7.60. The molecule has 28 heavy (non-hydrogen) atoms. The highest BCUT2D eigenvalue weighted by atomic mass is 19.1. The zero-order chi connectivity index (χ0) is 19.1. The zero-order valence-corrected chi connectivity index (χ0v) is 16.1. The Labute approximate surface area is 165 Å². The van der Waals surface area contributed by atoms with Gasteiger partial charge in [0.25, 0.3) is 0 Å². The molecule has 0 saturated carbocycles. The second-order valence-electron chi connectivity index (χ2n) is 8.47. The lowest BCUT2D eigenvalue weighted by molar-refractivity contribution is -0.136. The molecule has 0 N–H and O–H groups in total. The maximum Gasteiger partial charge on any atom is 0.223 e. The van der Waals surface area contributed by atoms with E-state index in [-0.39, 0.29) is 17.8 Å². The fourth-order valence-electron chi connectivity index (χ4n) is 5.39. The molecule has 3 saturated heterocycles. The molecular weight excluding hydrogens is 353 g/mol. The van der Waals surface area contributed by atoms with Gasteiger partial charge in [-0.3, -0.25) is 9.78 Å². The third-order valence-electron chi connectivity index (χ3n) is 6.90. The summed E-state index contributed by atoms with van der Waals surface area (Å²) in [7, 11) is 0. The van der Waals surface area contributed by atoms with Gasteiger partial charge in [-0.15, -0.1) is 0 Å². The van der Waals surface area contributed by atoms with Crippen molar-refractivity contribution in [1.82, 2.24) is 14.8 Å². The zero-order valence-electron chi connectivity index (χ0n) is 16.1. The number of hydrogen-bond donors (Lipinski definition) is 0. The fourth-order valence-corrected chi connectivity index (χ4v) is 5.39. The van der Waals surface area contributed by atoms with E-state index < -0.39 is 0 Å². The molecule has 0 unspecified atom stereocenters. The van der Waals surface area contributed by atoms with Gasteiger partial charge in [-0.25, -0.2) is 4.39 Å². The average Bonchev–Trinajstić information content (AvgIpc) is 2.74. The van der Waals surface area contributed by atoms with E-state index in [4.69, 9.17) is 0 Å². The first-order valence-corrected chi connectivity index (χ1v) is 10.4. The minimum Gasteiger partial charge on any atom is -0.331 e. The van der Waals surface area contributed by atoms with Gasteiger partial charge in [-0.1, -0.05) is 12.1 Å². The van der Waals surface area contributed by atoms with Gasteiger partial charge in [-0.05, 0) is 79.1 Å². The van der Waals surface area contributed by atoms with Crippen molar-refractivity contribution in [1.29, 1.82) is 0 Å². The van der Waals surface area contributed by atoms with E-state index in [2.05, 4.69) is 9.88 Å². The molecule has 2 aromatic rings. The summed E-state index contributed by atoms with van der Waals surface area (Å²) in [5.41, 5.74) is 3.27. The summed E-state index contributed by atoms with van der Waals surface area (Å²) in [5, 5.41) is 0. The molecule has 6 rings (SSSR count). The summed E-state index contributed by atoms with van der Waals surface area (Å²) >= 11 is 0. The van der Waals surface area contributed by atoms with Crippen LogP contribution in [0.4, 0.5) is 4.39 Å². The van der Waals surface area contributed by atoms with Crippen LogP contribution in [0.3, 0.4) is 0 Å². The third kappa shape index (κ3) is 3.22. The highest BCUT2D eigenvalue weighted by Crippen LogP contribution is 2.38. The van der Waals surface area contributed by atoms with Crippen LogP contribution in [0.25, 0.3) is 0 Å². The Bertz CT molecular complexity index is 860. The highest BCUT2D eigenvalue weighted by molar-refractivity contribution is 5.78. The number of pyridine rings is 1. The van der Waals surface area contributed by atoms with Crippen LogP contribution in [0.5, 0.6) is 0 Å². The fraction of sp³-hybridized carbons (Fsp3) is 0.478. The predicted octanol–water partition coefficient (Wildman–Crippen LogP) is 3.43. The smallest absolute Gasteiger partial charge is 0.223 e. The number of aromatic nitrogens is 1. The van der Waals surface area contributed by atoms with Gasteiger partial charge in [0.15, 0.2) is 0 Å². The molecule has 5 heterocycles. The molecule has 1 aromatic carbocycles. The Balaban J connectivity index is 1.43. The second kappa shape index (κ2) is 7.28. The minimum absolute atomic E-state index is 0.152. The van der Waals surface area contributed by atoms with Gasteiger partial charge in [0.2, 0.25) is 5.91 Å². The van der Waals surface area contributed by atoms with Crippen molar-refractivity contribution in [3.63, 3.8) is 0 Å². The number of benzene rings is 1. The first-order chi connectivity index (χ1) is 13.7. The van der Waals surface area contributed by atoms with Crippen LogP contribution < -0.4 is 0 Å². The van der Waals surface area contributed by atoms with E-state index in [9.17, 15) is 9.18 Å². The van der Waals surface area contributed by atoms with Crippen LogP contribution in [-0.2, 0) is 11.2 Å². The topological polar surface area (TPSA) is 36.4 Å². The molecule has 0 spiro atoms. The van der Waals surface area contributed by atoms with Crippen LogP contribution in [0.15, 0.2) is 42.7 Å². The Morgan fingerprint density at radius 3 is 2.61 bits per heavy atom. The second-order valence-corrected chi connectivity index (χ2v) is 8.47. The van der Waals surface area contributed by atoms with Crippen LogP contribution in [0, 0.1) is 17.7 Å². The number of piperidine rings is 3. The Morgan fingerprint density at radius 2 is 1.89 bits per heavy atom. The number of fused-ring (bicyclic) bond motifs is 4.